The molecule has 2 aromatic rings. The van der Waals surface area contributed by atoms with E-state index in [2.05, 4.69) is 33.3 Å². The van der Waals surface area contributed by atoms with Crippen LogP contribution in [0.3, 0.4) is 0 Å². The van der Waals surface area contributed by atoms with E-state index in [1.807, 2.05) is 45.0 Å². The average Bonchev–Trinajstić information content (AvgIpc) is 2.75. The first-order valence-corrected chi connectivity index (χ1v) is 7.84. The number of aromatic nitrogens is 2. The summed E-state index contributed by atoms with van der Waals surface area (Å²) >= 11 is 3.49. The number of aryl methyl sites for hydroxylation is 2. The zero-order valence-corrected chi connectivity index (χ0v) is 14.4. The average molecular weight is 350 g/mol. The lowest BCUT2D eigenvalue weighted by molar-refractivity contribution is -0.119. The molecule has 0 radical (unpaired) electrons. The minimum absolute atomic E-state index is 0.0719. The highest BCUT2D eigenvalue weighted by Crippen LogP contribution is 2.23. The first-order valence-electron chi connectivity index (χ1n) is 7.05. The van der Waals surface area contributed by atoms with E-state index in [0.29, 0.717) is 0 Å². The first-order chi connectivity index (χ1) is 9.93. The lowest BCUT2D eigenvalue weighted by Crippen LogP contribution is -2.25. The minimum Gasteiger partial charge on any atom is -0.324 e. The van der Waals surface area contributed by atoms with Crippen LogP contribution >= 0.6 is 15.9 Å². The maximum Gasteiger partial charge on any atom is 0.248 e. The number of halogens is 1. The fraction of sp³-hybridized carbons (Fsp3) is 0.375. The standard InChI is InChI=1S/C16H20BrN3O/c1-5-13-6-8-14(9-7-13)18-16(21)12(4)20-11(3)15(17)10(2)19-20/h6-9,12H,5H2,1-4H3,(H,18,21). The van der Waals surface area contributed by atoms with Crippen molar-refractivity contribution in [3.8, 4) is 0 Å². The van der Waals surface area contributed by atoms with E-state index in [0.717, 1.165) is 28.0 Å². The van der Waals surface area contributed by atoms with E-state index in [-0.39, 0.29) is 11.9 Å². The molecular weight excluding hydrogens is 330 g/mol. The Labute approximate surface area is 133 Å². The molecule has 5 heteroatoms. The molecule has 1 aromatic heterocycles. The molecule has 0 aliphatic rings. The number of rotatable bonds is 4. The van der Waals surface area contributed by atoms with Crippen LogP contribution < -0.4 is 5.32 Å². The number of amides is 1. The van der Waals surface area contributed by atoms with Crippen LogP contribution in [0.25, 0.3) is 0 Å². The van der Waals surface area contributed by atoms with Crippen LogP contribution in [0.4, 0.5) is 5.69 Å². The smallest absolute Gasteiger partial charge is 0.248 e. The predicted octanol–water partition coefficient (Wildman–Crippen LogP) is 4.02. The Bertz CT molecular complexity index is 646. The molecule has 112 valence electrons. The number of nitrogens with zero attached hydrogens (tertiary/aromatic N) is 2. The summed E-state index contributed by atoms with van der Waals surface area (Å²) in [5, 5.41) is 7.34. The number of hydrogen-bond acceptors (Lipinski definition) is 2. The third-order valence-corrected chi connectivity index (χ3v) is 4.76. The molecule has 0 aliphatic heterocycles. The van der Waals surface area contributed by atoms with Crippen LogP contribution in [0.1, 0.15) is 36.8 Å². The Morgan fingerprint density at radius 2 is 1.95 bits per heavy atom. The Morgan fingerprint density at radius 1 is 1.33 bits per heavy atom. The minimum atomic E-state index is -0.360. The van der Waals surface area contributed by atoms with Gasteiger partial charge in [0, 0.05) is 5.69 Å². The lowest BCUT2D eigenvalue weighted by atomic mass is 10.1. The van der Waals surface area contributed by atoms with E-state index in [9.17, 15) is 4.79 Å². The van der Waals surface area contributed by atoms with Crippen molar-refractivity contribution in [1.82, 2.24) is 9.78 Å². The molecule has 0 bridgehead atoms. The number of benzene rings is 1. The summed E-state index contributed by atoms with van der Waals surface area (Å²) in [7, 11) is 0. The molecule has 1 N–H and O–H groups in total. The second-order valence-corrected chi connectivity index (χ2v) is 5.94. The van der Waals surface area contributed by atoms with Crippen molar-refractivity contribution in [2.75, 3.05) is 5.32 Å². The molecular formula is C16H20BrN3O. The summed E-state index contributed by atoms with van der Waals surface area (Å²) in [6.45, 7) is 7.82. The Hall–Kier alpha value is -1.62. The lowest BCUT2D eigenvalue weighted by Gasteiger charge is -2.14. The quantitative estimate of drug-likeness (QED) is 0.905. The van der Waals surface area contributed by atoms with Crippen molar-refractivity contribution >= 4 is 27.5 Å². The highest BCUT2D eigenvalue weighted by atomic mass is 79.9. The fourth-order valence-electron chi connectivity index (χ4n) is 2.20. The van der Waals surface area contributed by atoms with E-state index >= 15 is 0 Å². The number of hydrogen-bond donors (Lipinski definition) is 1. The Balaban J connectivity index is 2.13. The van der Waals surface area contributed by atoms with Gasteiger partial charge < -0.3 is 5.32 Å². The molecule has 4 nitrogen and oxygen atoms in total. The molecule has 1 aromatic carbocycles. The summed E-state index contributed by atoms with van der Waals surface area (Å²) in [5.41, 5.74) is 3.91. The Kier molecular flexibility index (Phi) is 4.83. The largest absolute Gasteiger partial charge is 0.324 e. The Morgan fingerprint density at radius 3 is 2.43 bits per heavy atom. The third-order valence-electron chi connectivity index (χ3n) is 3.61. The summed E-state index contributed by atoms with van der Waals surface area (Å²) in [6, 6.07) is 7.56. The maximum absolute atomic E-state index is 12.4. The molecule has 1 unspecified atom stereocenters. The second kappa shape index (κ2) is 6.43. The van der Waals surface area contributed by atoms with Crippen molar-refractivity contribution in [1.29, 1.82) is 0 Å². The molecule has 0 aliphatic carbocycles. The van der Waals surface area contributed by atoms with Gasteiger partial charge in [-0.15, -0.1) is 0 Å². The predicted molar refractivity (Wildman–Crippen MR) is 88.6 cm³/mol. The van der Waals surface area contributed by atoms with Gasteiger partial charge in [-0.25, -0.2) is 0 Å². The van der Waals surface area contributed by atoms with Crippen LogP contribution in [0, 0.1) is 13.8 Å². The number of nitrogens with one attached hydrogen (secondary N) is 1. The van der Waals surface area contributed by atoms with Crippen LogP contribution in [-0.2, 0) is 11.2 Å². The fourth-order valence-corrected chi connectivity index (χ4v) is 2.46. The molecule has 0 saturated heterocycles. The number of carbonyl (C=O) groups is 1. The summed E-state index contributed by atoms with van der Waals surface area (Å²) in [4.78, 5) is 12.4. The highest BCUT2D eigenvalue weighted by molar-refractivity contribution is 9.10. The van der Waals surface area contributed by atoms with E-state index in [4.69, 9.17) is 0 Å². The maximum atomic E-state index is 12.4. The monoisotopic (exact) mass is 349 g/mol. The van der Waals surface area contributed by atoms with Crippen LogP contribution in [0.5, 0.6) is 0 Å². The van der Waals surface area contributed by atoms with Crippen molar-refractivity contribution < 1.29 is 4.79 Å². The molecule has 1 amide bonds. The van der Waals surface area contributed by atoms with Gasteiger partial charge in [-0.2, -0.15) is 5.10 Å². The molecule has 0 spiro atoms. The molecule has 21 heavy (non-hydrogen) atoms. The SMILES string of the molecule is CCc1ccc(NC(=O)C(C)n2nc(C)c(Br)c2C)cc1. The van der Waals surface area contributed by atoms with Gasteiger partial charge >= 0.3 is 0 Å². The highest BCUT2D eigenvalue weighted by Gasteiger charge is 2.20. The van der Waals surface area contributed by atoms with Crippen LogP contribution in [-0.4, -0.2) is 15.7 Å². The van der Waals surface area contributed by atoms with E-state index in [1.54, 1.807) is 4.68 Å². The molecule has 0 fully saturated rings. The summed E-state index contributed by atoms with van der Waals surface area (Å²) < 4.78 is 2.70. The molecule has 1 atom stereocenters. The number of carbonyl (C=O) groups excluding carboxylic acids is 1. The van der Waals surface area contributed by atoms with Crippen molar-refractivity contribution in [2.24, 2.45) is 0 Å². The zero-order valence-electron chi connectivity index (χ0n) is 12.8. The van der Waals surface area contributed by atoms with Crippen molar-refractivity contribution in [2.45, 2.75) is 40.2 Å². The molecule has 2 rings (SSSR count). The van der Waals surface area contributed by atoms with E-state index < -0.39 is 0 Å². The summed E-state index contributed by atoms with van der Waals surface area (Å²) in [6.07, 6.45) is 0.990. The number of anilines is 1. The molecule has 0 saturated carbocycles. The third kappa shape index (κ3) is 3.35. The van der Waals surface area contributed by atoms with Gasteiger partial charge in [0.05, 0.1) is 15.9 Å². The van der Waals surface area contributed by atoms with Crippen LogP contribution in [0.15, 0.2) is 28.7 Å². The van der Waals surface area contributed by atoms with Gasteiger partial charge in [-0.3, -0.25) is 9.48 Å². The van der Waals surface area contributed by atoms with E-state index in [1.165, 1.54) is 5.56 Å². The zero-order chi connectivity index (χ0) is 15.6. The van der Waals surface area contributed by atoms with Gasteiger partial charge in [-0.1, -0.05) is 19.1 Å². The summed E-state index contributed by atoms with van der Waals surface area (Å²) in [5.74, 6) is -0.0719. The topological polar surface area (TPSA) is 46.9 Å². The van der Waals surface area contributed by atoms with Gasteiger partial charge in [0.2, 0.25) is 5.91 Å². The normalized spacial score (nSPS) is 12.2. The van der Waals surface area contributed by atoms with Gasteiger partial charge in [0.25, 0.3) is 0 Å². The van der Waals surface area contributed by atoms with Gasteiger partial charge in [0.15, 0.2) is 0 Å². The van der Waals surface area contributed by atoms with Crippen molar-refractivity contribution in [3.63, 3.8) is 0 Å². The van der Waals surface area contributed by atoms with Crippen LogP contribution in [0.2, 0.25) is 0 Å². The van der Waals surface area contributed by atoms with Crippen molar-refractivity contribution in [3.05, 3.63) is 45.7 Å². The second-order valence-electron chi connectivity index (χ2n) is 5.15. The van der Waals surface area contributed by atoms with Gasteiger partial charge in [0.1, 0.15) is 6.04 Å². The first kappa shape index (κ1) is 15.8. The molecule has 1 heterocycles. The van der Waals surface area contributed by atoms with Gasteiger partial charge in [-0.05, 0) is 60.8 Å².